The fraction of sp³-hybridized carbons (Fsp3) is 0.333. The second-order valence-corrected chi connectivity index (χ2v) is 9.86. The predicted octanol–water partition coefficient (Wildman–Crippen LogP) is 6.24. The highest BCUT2D eigenvalue weighted by Gasteiger charge is 2.43. The molecule has 5 rings (SSSR count). The van der Waals surface area contributed by atoms with Gasteiger partial charge in [0.2, 0.25) is 0 Å². The van der Waals surface area contributed by atoms with E-state index in [4.69, 9.17) is 4.98 Å². The summed E-state index contributed by atoms with van der Waals surface area (Å²) >= 11 is 1.58. The first-order chi connectivity index (χ1) is 15.1. The van der Waals surface area contributed by atoms with Crippen molar-refractivity contribution >= 4 is 11.8 Å². The van der Waals surface area contributed by atoms with Crippen LogP contribution in [0.4, 0.5) is 0 Å². The molecule has 31 heavy (non-hydrogen) atoms. The fourth-order valence-electron chi connectivity index (χ4n) is 5.34. The fourth-order valence-corrected chi connectivity index (χ4v) is 6.08. The maximum Gasteiger partial charge on any atom is 0.263 e. The van der Waals surface area contributed by atoms with Crippen LogP contribution in [0.2, 0.25) is 0 Å². The number of fused-ring (bicyclic) bond motifs is 4. The minimum absolute atomic E-state index is 0.0971. The first kappa shape index (κ1) is 20.3. The molecular formula is C27H28N2OS. The van der Waals surface area contributed by atoms with Crippen molar-refractivity contribution in [2.24, 2.45) is 0 Å². The molecule has 158 valence electrons. The molecule has 2 aliphatic rings. The monoisotopic (exact) mass is 428 g/mol. The zero-order valence-corrected chi connectivity index (χ0v) is 18.9. The Bertz CT molecular complexity index is 1190. The summed E-state index contributed by atoms with van der Waals surface area (Å²) in [5, 5.41) is 0.746. The molecule has 1 fully saturated rings. The van der Waals surface area contributed by atoms with Crippen LogP contribution >= 0.6 is 11.8 Å². The van der Waals surface area contributed by atoms with E-state index < -0.39 is 0 Å². The van der Waals surface area contributed by atoms with Crippen LogP contribution in [0.3, 0.4) is 0 Å². The molecule has 0 unspecified atom stereocenters. The number of hydrogen-bond acceptors (Lipinski definition) is 3. The third-order valence-corrected chi connectivity index (χ3v) is 7.75. The lowest BCUT2D eigenvalue weighted by atomic mass is 9.62. The Morgan fingerprint density at radius 1 is 1.10 bits per heavy atom. The third-order valence-electron chi connectivity index (χ3n) is 6.82. The van der Waals surface area contributed by atoms with Gasteiger partial charge >= 0.3 is 0 Å². The second kappa shape index (κ2) is 8.16. The van der Waals surface area contributed by atoms with E-state index in [0.717, 1.165) is 46.9 Å². The molecule has 1 saturated carbocycles. The second-order valence-electron chi connectivity index (χ2n) is 8.87. The average Bonchev–Trinajstić information content (AvgIpc) is 2.79. The van der Waals surface area contributed by atoms with Crippen LogP contribution < -0.4 is 5.56 Å². The Hall–Kier alpha value is -2.59. The Kier molecular flexibility index (Phi) is 5.35. The Balaban J connectivity index is 1.82. The molecule has 0 saturated heterocycles. The van der Waals surface area contributed by atoms with Crippen LogP contribution in [0.15, 0.2) is 71.1 Å². The van der Waals surface area contributed by atoms with Crippen LogP contribution in [0.1, 0.15) is 48.8 Å². The molecule has 1 spiro atoms. The summed E-state index contributed by atoms with van der Waals surface area (Å²) in [5.41, 5.74) is 6.39. The van der Waals surface area contributed by atoms with Crippen molar-refractivity contribution in [3.63, 3.8) is 0 Å². The minimum atomic E-state index is -0.0971. The summed E-state index contributed by atoms with van der Waals surface area (Å²) in [5.74, 6) is 0.712. The quantitative estimate of drug-likeness (QED) is 0.280. The van der Waals surface area contributed by atoms with Gasteiger partial charge < -0.3 is 0 Å². The maximum atomic E-state index is 14.2. The van der Waals surface area contributed by atoms with Crippen molar-refractivity contribution in [1.82, 2.24) is 9.55 Å². The number of benzene rings is 2. The number of aryl methyl sites for hydroxylation is 1. The molecule has 1 heterocycles. The highest BCUT2D eigenvalue weighted by Crippen LogP contribution is 2.49. The number of hydrogen-bond donors (Lipinski definition) is 0. The van der Waals surface area contributed by atoms with Gasteiger partial charge in [-0.25, -0.2) is 4.98 Å². The van der Waals surface area contributed by atoms with Gasteiger partial charge in [0.25, 0.3) is 5.56 Å². The van der Waals surface area contributed by atoms with Crippen molar-refractivity contribution in [3.8, 4) is 16.9 Å². The van der Waals surface area contributed by atoms with Gasteiger partial charge in [0, 0.05) is 16.7 Å². The summed E-state index contributed by atoms with van der Waals surface area (Å²) in [6.07, 6.45) is 8.56. The van der Waals surface area contributed by atoms with Crippen molar-refractivity contribution < 1.29 is 0 Å². The van der Waals surface area contributed by atoms with Crippen LogP contribution in [-0.4, -0.2) is 15.3 Å². The molecule has 3 aromatic rings. The Labute approximate surface area is 188 Å². The summed E-state index contributed by atoms with van der Waals surface area (Å²) < 4.78 is 1.84. The van der Waals surface area contributed by atoms with E-state index >= 15 is 0 Å². The van der Waals surface area contributed by atoms with Crippen LogP contribution in [-0.2, 0) is 11.8 Å². The Morgan fingerprint density at radius 2 is 1.84 bits per heavy atom. The largest absolute Gasteiger partial charge is 0.268 e. The molecular weight excluding hydrogens is 400 g/mol. The molecule has 1 aromatic heterocycles. The summed E-state index contributed by atoms with van der Waals surface area (Å²) in [6.45, 7) is 5.94. The van der Waals surface area contributed by atoms with Gasteiger partial charge in [0.1, 0.15) is 0 Å². The van der Waals surface area contributed by atoms with E-state index in [1.54, 1.807) is 11.8 Å². The molecule has 4 heteroatoms. The number of rotatable bonds is 4. The topological polar surface area (TPSA) is 34.9 Å². The molecule has 3 nitrogen and oxygen atoms in total. The first-order valence-corrected chi connectivity index (χ1v) is 12.2. The molecule has 0 bridgehead atoms. The lowest BCUT2D eigenvalue weighted by Crippen LogP contribution is -2.42. The summed E-state index contributed by atoms with van der Waals surface area (Å²) in [4.78, 5) is 19.4. The average molecular weight is 429 g/mol. The molecule has 0 amide bonds. The highest BCUT2D eigenvalue weighted by molar-refractivity contribution is 7.99. The van der Waals surface area contributed by atoms with Gasteiger partial charge in [0.05, 0.1) is 16.9 Å². The van der Waals surface area contributed by atoms with Crippen molar-refractivity contribution in [3.05, 3.63) is 88.2 Å². The van der Waals surface area contributed by atoms with E-state index in [9.17, 15) is 4.79 Å². The normalized spacial score (nSPS) is 16.5. The lowest BCUT2D eigenvalue weighted by molar-refractivity contribution is 0.283. The van der Waals surface area contributed by atoms with E-state index in [-0.39, 0.29) is 11.0 Å². The smallest absolute Gasteiger partial charge is 0.263 e. The molecule has 0 N–H and O–H groups in total. The molecule has 0 atom stereocenters. The third kappa shape index (κ3) is 3.47. The van der Waals surface area contributed by atoms with E-state index in [1.165, 1.54) is 30.4 Å². The highest BCUT2D eigenvalue weighted by atomic mass is 32.2. The SMILES string of the molecule is C=CCSc1nc2c(c(=O)n1-c1ccc(C)cc1)C1(CCCCC1)Cc1ccccc1-2. The zero-order valence-electron chi connectivity index (χ0n) is 18.1. The van der Waals surface area contributed by atoms with Crippen molar-refractivity contribution in [2.75, 3.05) is 5.75 Å². The Morgan fingerprint density at radius 3 is 2.58 bits per heavy atom. The summed E-state index contributed by atoms with van der Waals surface area (Å²) in [7, 11) is 0. The minimum Gasteiger partial charge on any atom is -0.268 e. The standard InChI is InChI=1S/C27H28N2OS/c1-3-17-31-26-28-24-22-10-6-5-9-20(22)18-27(15-7-4-8-16-27)23(24)25(30)29(26)21-13-11-19(2)12-14-21/h3,5-6,9-14H,1,4,7-8,15-18H2,2H3. The van der Waals surface area contributed by atoms with Gasteiger partial charge in [0.15, 0.2) is 5.16 Å². The van der Waals surface area contributed by atoms with E-state index in [1.807, 2.05) is 22.8 Å². The first-order valence-electron chi connectivity index (χ1n) is 11.2. The zero-order chi connectivity index (χ0) is 21.4. The van der Waals surface area contributed by atoms with Crippen LogP contribution in [0.25, 0.3) is 16.9 Å². The van der Waals surface area contributed by atoms with Gasteiger partial charge in [-0.15, -0.1) is 6.58 Å². The van der Waals surface area contributed by atoms with Crippen LogP contribution in [0, 0.1) is 6.92 Å². The predicted molar refractivity (Wildman–Crippen MR) is 129 cm³/mol. The number of aromatic nitrogens is 2. The number of nitrogens with zero attached hydrogens (tertiary/aromatic N) is 2. The van der Waals surface area contributed by atoms with Gasteiger partial charge in [-0.2, -0.15) is 0 Å². The van der Waals surface area contributed by atoms with E-state index in [2.05, 4.69) is 49.9 Å². The van der Waals surface area contributed by atoms with E-state index in [0.29, 0.717) is 5.75 Å². The van der Waals surface area contributed by atoms with Gasteiger partial charge in [-0.1, -0.05) is 79.1 Å². The summed E-state index contributed by atoms with van der Waals surface area (Å²) in [6, 6.07) is 16.7. The lowest BCUT2D eigenvalue weighted by Gasteiger charge is -2.42. The number of thioether (sulfide) groups is 1. The van der Waals surface area contributed by atoms with Gasteiger partial charge in [-0.05, 0) is 43.9 Å². The van der Waals surface area contributed by atoms with Crippen molar-refractivity contribution in [1.29, 1.82) is 0 Å². The van der Waals surface area contributed by atoms with Gasteiger partial charge in [-0.3, -0.25) is 9.36 Å². The molecule has 0 aliphatic heterocycles. The van der Waals surface area contributed by atoms with Crippen LogP contribution in [0.5, 0.6) is 0 Å². The molecule has 2 aromatic carbocycles. The van der Waals surface area contributed by atoms with Crippen molar-refractivity contribution in [2.45, 2.75) is 56.0 Å². The molecule has 0 radical (unpaired) electrons. The maximum absolute atomic E-state index is 14.2. The molecule has 2 aliphatic carbocycles.